The summed E-state index contributed by atoms with van der Waals surface area (Å²) in [5, 5.41) is 16.4. The molecule has 11 nitrogen and oxygen atoms in total. The van der Waals surface area contributed by atoms with Gasteiger partial charge in [0.05, 0.1) is 28.2 Å². The molecule has 0 bridgehead atoms. The number of imide groups is 1. The Kier molecular flexibility index (Phi) is 6.16. The Bertz CT molecular complexity index is 1560. The van der Waals surface area contributed by atoms with Crippen molar-refractivity contribution in [2.24, 2.45) is 5.10 Å². The number of furan rings is 1. The van der Waals surface area contributed by atoms with Crippen LogP contribution in [0.1, 0.15) is 29.0 Å². The second-order valence-electron chi connectivity index (χ2n) is 7.58. The van der Waals surface area contributed by atoms with Crippen LogP contribution in [-0.2, 0) is 9.59 Å². The van der Waals surface area contributed by atoms with Crippen molar-refractivity contribution in [1.82, 2.24) is 4.98 Å². The summed E-state index contributed by atoms with van der Waals surface area (Å²) in [5.41, 5.74) is 1.08. The van der Waals surface area contributed by atoms with Crippen LogP contribution in [0.4, 0.5) is 16.7 Å². The fourth-order valence-corrected chi connectivity index (χ4v) is 5.03. The minimum absolute atomic E-state index is 0.0605. The Morgan fingerprint density at radius 2 is 1.94 bits per heavy atom. The molecule has 0 saturated carbocycles. The van der Waals surface area contributed by atoms with E-state index in [1.165, 1.54) is 41.8 Å². The number of hydrogen-bond acceptors (Lipinski definition) is 9. The maximum atomic E-state index is 13.6. The van der Waals surface area contributed by atoms with E-state index >= 15 is 0 Å². The molecule has 0 atom stereocenters. The van der Waals surface area contributed by atoms with Crippen LogP contribution in [-0.4, -0.2) is 33.8 Å². The summed E-state index contributed by atoms with van der Waals surface area (Å²) >= 11 is 4.62. The molecule has 5 rings (SSSR count). The Balaban J connectivity index is 1.54. The molecule has 13 heteroatoms. The van der Waals surface area contributed by atoms with E-state index in [0.29, 0.717) is 5.52 Å². The largest absolute Gasteiger partial charge is 0.433 e. The third-order valence-corrected chi connectivity index (χ3v) is 6.70. The zero-order valence-electron chi connectivity index (χ0n) is 18.2. The first-order valence-electron chi connectivity index (χ1n) is 10.4. The van der Waals surface area contributed by atoms with Crippen LogP contribution in [0.15, 0.2) is 68.6 Å². The van der Waals surface area contributed by atoms with E-state index in [1.54, 1.807) is 18.2 Å². The molecule has 0 aliphatic carbocycles. The number of anilines is 2. The number of carbonyl (C=O) groups is 3. The predicted octanol–water partition coefficient (Wildman–Crippen LogP) is 4.89. The number of amides is 3. The standard InChI is InChI=1S/C23H14BrN5O6S/c24-14-4-6-17-18(11-14)36-23(26-17)28(25-12-16-5-9-21(35-16)29(33)34)22(32)13-2-1-3-15(10-13)27-19(30)7-8-20(27)31/h1-6,9-12H,7-8H2/b25-12+. The second kappa shape index (κ2) is 9.43. The first kappa shape index (κ1) is 23.5. The molecule has 0 radical (unpaired) electrons. The van der Waals surface area contributed by atoms with Gasteiger partial charge in [-0.25, -0.2) is 4.98 Å². The fourth-order valence-electron chi connectivity index (χ4n) is 3.55. The number of nitrogens with zero attached hydrogens (tertiary/aromatic N) is 5. The molecule has 4 aromatic rings. The van der Waals surface area contributed by atoms with Crippen molar-refractivity contribution < 1.29 is 23.7 Å². The SMILES string of the molecule is O=C(c1cccc(N2C(=O)CCC2=O)c1)N(/N=C/c1ccc([N+](=O)[O-])o1)c1nc2ccc(Br)cc2s1. The van der Waals surface area contributed by atoms with Gasteiger partial charge in [0.2, 0.25) is 16.9 Å². The van der Waals surface area contributed by atoms with E-state index in [1.807, 2.05) is 12.1 Å². The molecular formula is C23H14BrN5O6S. The van der Waals surface area contributed by atoms with Gasteiger partial charge in [0, 0.05) is 22.9 Å². The number of fused-ring (bicyclic) bond motifs is 1. The number of rotatable bonds is 6. The summed E-state index contributed by atoms with van der Waals surface area (Å²) in [6.07, 6.45) is 1.40. The van der Waals surface area contributed by atoms with Crippen molar-refractivity contribution >= 4 is 78.1 Å². The molecule has 180 valence electrons. The molecule has 1 fully saturated rings. The molecule has 1 aliphatic rings. The molecular weight excluding hydrogens is 554 g/mol. The molecule has 3 heterocycles. The van der Waals surface area contributed by atoms with Crippen molar-refractivity contribution in [2.45, 2.75) is 12.8 Å². The van der Waals surface area contributed by atoms with Crippen LogP contribution in [0.3, 0.4) is 0 Å². The van der Waals surface area contributed by atoms with Gasteiger partial charge in [0.15, 0.2) is 5.76 Å². The molecule has 36 heavy (non-hydrogen) atoms. The van der Waals surface area contributed by atoms with Crippen LogP contribution in [0.25, 0.3) is 10.2 Å². The number of halogens is 1. The number of benzene rings is 2. The molecule has 2 aromatic carbocycles. The molecule has 3 amide bonds. The van der Waals surface area contributed by atoms with Gasteiger partial charge in [0.25, 0.3) is 5.91 Å². The normalized spacial score (nSPS) is 13.8. The lowest BCUT2D eigenvalue weighted by Gasteiger charge is -2.17. The molecule has 1 aliphatic heterocycles. The highest BCUT2D eigenvalue weighted by Crippen LogP contribution is 2.32. The number of aromatic nitrogens is 1. The van der Waals surface area contributed by atoms with Crippen LogP contribution in [0.2, 0.25) is 0 Å². The average molecular weight is 568 g/mol. The maximum Gasteiger partial charge on any atom is 0.433 e. The van der Waals surface area contributed by atoms with Crippen LogP contribution < -0.4 is 9.91 Å². The number of hydrogen-bond donors (Lipinski definition) is 0. The van der Waals surface area contributed by atoms with Gasteiger partial charge in [-0.2, -0.15) is 10.1 Å². The van der Waals surface area contributed by atoms with Crippen LogP contribution in [0, 0.1) is 10.1 Å². The topological polar surface area (TPSA) is 139 Å². The van der Waals surface area contributed by atoms with Gasteiger partial charge < -0.3 is 4.42 Å². The van der Waals surface area contributed by atoms with Gasteiger partial charge in [-0.1, -0.05) is 33.3 Å². The highest BCUT2D eigenvalue weighted by atomic mass is 79.9. The fraction of sp³-hybridized carbons (Fsp3) is 0.0870. The summed E-state index contributed by atoms with van der Waals surface area (Å²) in [7, 11) is 0. The first-order chi connectivity index (χ1) is 17.3. The summed E-state index contributed by atoms with van der Waals surface area (Å²) in [4.78, 5) is 53.7. The van der Waals surface area contributed by atoms with E-state index < -0.39 is 16.7 Å². The van der Waals surface area contributed by atoms with E-state index in [9.17, 15) is 24.5 Å². The Morgan fingerprint density at radius 1 is 1.17 bits per heavy atom. The van der Waals surface area contributed by atoms with E-state index in [-0.39, 0.29) is 46.8 Å². The van der Waals surface area contributed by atoms with E-state index in [2.05, 4.69) is 26.0 Å². The van der Waals surface area contributed by atoms with Crippen molar-refractivity contribution in [3.05, 3.63) is 80.5 Å². The lowest BCUT2D eigenvalue weighted by Crippen LogP contribution is -2.29. The van der Waals surface area contributed by atoms with Gasteiger partial charge >= 0.3 is 5.88 Å². The monoisotopic (exact) mass is 567 g/mol. The third kappa shape index (κ3) is 4.53. The van der Waals surface area contributed by atoms with Crippen LogP contribution in [0.5, 0.6) is 0 Å². The smallest absolute Gasteiger partial charge is 0.400 e. The number of carbonyl (C=O) groups excluding carboxylic acids is 3. The Hall–Kier alpha value is -4.23. The number of thiazole rings is 1. The second-order valence-corrected chi connectivity index (χ2v) is 9.50. The zero-order valence-corrected chi connectivity index (χ0v) is 20.6. The summed E-state index contributed by atoms with van der Waals surface area (Å²) in [6, 6.07) is 14.1. The van der Waals surface area contributed by atoms with E-state index in [0.717, 1.165) is 19.1 Å². The molecule has 0 N–H and O–H groups in total. The molecule has 0 unspecified atom stereocenters. The zero-order chi connectivity index (χ0) is 25.4. The highest BCUT2D eigenvalue weighted by Gasteiger charge is 2.31. The minimum Gasteiger partial charge on any atom is -0.400 e. The Morgan fingerprint density at radius 3 is 2.67 bits per heavy atom. The quantitative estimate of drug-likeness (QED) is 0.140. The predicted molar refractivity (Wildman–Crippen MR) is 135 cm³/mol. The number of hydrazone groups is 1. The van der Waals surface area contributed by atoms with Gasteiger partial charge in [0.1, 0.15) is 4.92 Å². The Labute approximate surface area is 214 Å². The molecule has 1 saturated heterocycles. The van der Waals surface area contributed by atoms with Crippen molar-refractivity contribution in [2.75, 3.05) is 9.91 Å². The lowest BCUT2D eigenvalue weighted by molar-refractivity contribution is -0.402. The average Bonchev–Trinajstić information content (AvgIpc) is 3.57. The third-order valence-electron chi connectivity index (χ3n) is 5.21. The summed E-state index contributed by atoms with van der Waals surface area (Å²) in [5.74, 6) is -1.67. The van der Waals surface area contributed by atoms with Crippen molar-refractivity contribution in [3.8, 4) is 0 Å². The minimum atomic E-state index is -0.682. The molecule has 2 aromatic heterocycles. The summed E-state index contributed by atoms with van der Waals surface area (Å²) in [6.45, 7) is 0. The van der Waals surface area contributed by atoms with Crippen molar-refractivity contribution in [3.63, 3.8) is 0 Å². The first-order valence-corrected chi connectivity index (χ1v) is 12.1. The molecule has 0 spiro atoms. The summed E-state index contributed by atoms with van der Waals surface area (Å²) < 4.78 is 6.74. The van der Waals surface area contributed by atoms with Crippen molar-refractivity contribution in [1.29, 1.82) is 0 Å². The lowest BCUT2D eigenvalue weighted by atomic mass is 10.1. The number of nitro groups is 1. The van der Waals surface area contributed by atoms with Gasteiger partial charge in [-0.3, -0.25) is 29.4 Å². The maximum absolute atomic E-state index is 13.6. The van der Waals surface area contributed by atoms with Crippen LogP contribution >= 0.6 is 27.3 Å². The van der Waals surface area contributed by atoms with Gasteiger partial charge in [-0.05, 0) is 42.5 Å². The van der Waals surface area contributed by atoms with E-state index in [4.69, 9.17) is 4.42 Å². The van der Waals surface area contributed by atoms with Gasteiger partial charge in [-0.15, -0.1) is 0 Å². The highest BCUT2D eigenvalue weighted by molar-refractivity contribution is 9.10.